The van der Waals surface area contributed by atoms with Crippen molar-refractivity contribution in [1.29, 1.82) is 0 Å². The van der Waals surface area contributed by atoms with Gasteiger partial charge in [-0.3, -0.25) is 10.1 Å². The Bertz CT molecular complexity index is 645. The average Bonchev–Trinajstić information content (AvgIpc) is 2.38. The van der Waals surface area contributed by atoms with E-state index in [-0.39, 0.29) is 16.6 Å². The Kier molecular flexibility index (Phi) is 3.57. The van der Waals surface area contributed by atoms with Gasteiger partial charge in [-0.25, -0.2) is 15.2 Å². The number of non-ortho nitro benzene ring substituents is 1. The molecule has 0 atom stereocenters. The first-order valence-corrected chi connectivity index (χ1v) is 5.81. The zero-order valence-electron chi connectivity index (χ0n) is 10.3. The Labute approximate surface area is 108 Å². The van der Waals surface area contributed by atoms with E-state index in [1.807, 2.05) is 6.92 Å². The standard InChI is InChI=1S/C12H13FN4O2/c1-2-3-7-6-8-10(17(18)19)5-4-9(13)11(8)15-12(7)16-14/h4-6H,2-3,14H2,1H3,(H,15,16). The van der Waals surface area contributed by atoms with E-state index in [1.54, 1.807) is 6.07 Å². The van der Waals surface area contributed by atoms with Crippen molar-refractivity contribution >= 4 is 22.4 Å². The van der Waals surface area contributed by atoms with Crippen LogP contribution in [0.2, 0.25) is 0 Å². The van der Waals surface area contributed by atoms with Crippen LogP contribution in [-0.2, 0) is 6.42 Å². The first-order valence-electron chi connectivity index (χ1n) is 5.81. The molecule has 0 aliphatic heterocycles. The fourth-order valence-electron chi connectivity index (χ4n) is 2.00. The van der Waals surface area contributed by atoms with Gasteiger partial charge in [0.2, 0.25) is 0 Å². The maximum absolute atomic E-state index is 13.7. The lowest BCUT2D eigenvalue weighted by Crippen LogP contribution is -2.11. The number of aryl methyl sites for hydroxylation is 1. The van der Waals surface area contributed by atoms with E-state index in [1.165, 1.54) is 0 Å². The maximum atomic E-state index is 13.7. The topological polar surface area (TPSA) is 94.1 Å². The number of hydrogen-bond donors (Lipinski definition) is 2. The van der Waals surface area contributed by atoms with Crippen LogP contribution < -0.4 is 11.3 Å². The number of nitrogens with one attached hydrogen (secondary N) is 1. The van der Waals surface area contributed by atoms with Gasteiger partial charge >= 0.3 is 0 Å². The molecule has 3 N–H and O–H groups in total. The average molecular weight is 264 g/mol. The fraction of sp³-hybridized carbons (Fsp3) is 0.250. The van der Waals surface area contributed by atoms with E-state index in [4.69, 9.17) is 5.84 Å². The van der Waals surface area contributed by atoms with Crippen LogP contribution in [0.25, 0.3) is 10.9 Å². The highest BCUT2D eigenvalue weighted by Crippen LogP contribution is 2.30. The van der Waals surface area contributed by atoms with E-state index in [2.05, 4.69) is 10.4 Å². The highest BCUT2D eigenvalue weighted by Gasteiger charge is 2.18. The fourth-order valence-corrected chi connectivity index (χ4v) is 2.00. The number of nitrogen functional groups attached to an aromatic ring is 1. The van der Waals surface area contributed by atoms with Crippen LogP contribution in [0.15, 0.2) is 18.2 Å². The number of benzene rings is 1. The van der Waals surface area contributed by atoms with Crippen molar-refractivity contribution in [3.8, 4) is 0 Å². The number of anilines is 1. The number of nitro groups is 1. The van der Waals surface area contributed by atoms with Crippen molar-refractivity contribution < 1.29 is 9.31 Å². The van der Waals surface area contributed by atoms with Gasteiger partial charge in [0.1, 0.15) is 17.2 Å². The molecule has 0 unspecified atom stereocenters. The van der Waals surface area contributed by atoms with E-state index in [0.29, 0.717) is 12.2 Å². The number of hydrazine groups is 1. The van der Waals surface area contributed by atoms with Crippen LogP contribution in [0, 0.1) is 15.9 Å². The van der Waals surface area contributed by atoms with Gasteiger partial charge in [-0.05, 0) is 24.1 Å². The molecule has 100 valence electrons. The molecular formula is C12H13FN4O2. The molecule has 0 saturated heterocycles. The molecule has 6 nitrogen and oxygen atoms in total. The molecule has 1 aromatic carbocycles. The summed E-state index contributed by atoms with van der Waals surface area (Å²) < 4.78 is 13.7. The molecule has 0 amide bonds. The van der Waals surface area contributed by atoms with Gasteiger partial charge in [0, 0.05) is 6.07 Å². The van der Waals surface area contributed by atoms with Gasteiger partial charge in [-0.1, -0.05) is 13.3 Å². The molecule has 0 bridgehead atoms. The van der Waals surface area contributed by atoms with E-state index >= 15 is 0 Å². The number of aromatic nitrogens is 1. The van der Waals surface area contributed by atoms with Gasteiger partial charge in [-0.2, -0.15) is 0 Å². The quantitative estimate of drug-likeness (QED) is 0.502. The number of hydrogen-bond acceptors (Lipinski definition) is 5. The molecule has 2 rings (SSSR count). The number of fused-ring (bicyclic) bond motifs is 1. The number of pyridine rings is 1. The first kappa shape index (κ1) is 13.2. The molecule has 0 spiro atoms. The zero-order valence-corrected chi connectivity index (χ0v) is 10.3. The van der Waals surface area contributed by atoms with Crippen molar-refractivity contribution in [2.75, 3.05) is 5.43 Å². The van der Waals surface area contributed by atoms with Crippen LogP contribution >= 0.6 is 0 Å². The summed E-state index contributed by atoms with van der Waals surface area (Å²) in [6.07, 6.45) is 1.47. The maximum Gasteiger partial charge on any atom is 0.278 e. The molecule has 1 aromatic heterocycles. The molecule has 7 heteroatoms. The zero-order chi connectivity index (χ0) is 14.0. The largest absolute Gasteiger partial charge is 0.308 e. The molecule has 0 aliphatic rings. The SMILES string of the molecule is CCCc1cc2c([N+](=O)[O-])ccc(F)c2nc1NN. The summed E-state index contributed by atoms with van der Waals surface area (Å²) >= 11 is 0. The van der Waals surface area contributed by atoms with Crippen LogP contribution in [0.1, 0.15) is 18.9 Å². The second-order valence-corrected chi connectivity index (χ2v) is 4.11. The van der Waals surface area contributed by atoms with Crippen LogP contribution in [0.3, 0.4) is 0 Å². The minimum Gasteiger partial charge on any atom is -0.308 e. The number of rotatable bonds is 4. The van der Waals surface area contributed by atoms with Crippen molar-refractivity contribution in [3.63, 3.8) is 0 Å². The molecule has 0 aliphatic carbocycles. The van der Waals surface area contributed by atoms with Crippen LogP contribution in [-0.4, -0.2) is 9.91 Å². The van der Waals surface area contributed by atoms with Crippen molar-refractivity contribution in [2.24, 2.45) is 5.84 Å². The lowest BCUT2D eigenvalue weighted by molar-refractivity contribution is -0.383. The lowest BCUT2D eigenvalue weighted by Gasteiger charge is -2.09. The highest BCUT2D eigenvalue weighted by atomic mass is 19.1. The van der Waals surface area contributed by atoms with Crippen LogP contribution in [0.4, 0.5) is 15.9 Å². The predicted molar refractivity (Wildman–Crippen MR) is 70.2 cm³/mol. The third kappa shape index (κ3) is 2.32. The predicted octanol–water partition coefficient (Wildman–Crippen LogP) is 2.52. The molecule has 0 saturated carbocycles. The number of nitrogens with zero attached hydrogens (tertiary/aromatic N) is 2. The van der Waals surface area contributed by atoms with Gasteiger partial charge in [0.25, 0.3) is 5.69 Å². The minimum atomic E-state index is -0.611. The summed E-state index contributed by atoms with van der Waals surface area (Å²) in [4.78, 5) is 14.5. The summed E-state index contributed by atoms with van der Waals surface area (Å²) in [7, 11) is 0. The van der Waals surface area contributed by atoms with Gasteiger partial charge in [0.05, 0.1) is 10.3 Å². The molecule has 1 heterocycles. The summed E-state index contributed by atoms with van der Waals surface area (Å²) in [5.74, 6) is 5.08. The van der Waals surface area contributed by atoms with Gasteiger partial charge < -0.3 is 5.43 Å². The van der Waals surface area contributed by atoms with Crippen molar-refractivity contribution in [3.05, 3.63) is 39.7 Å². The van der Waals surface area contributed by atoms with Gasteiger partial charge in [0.15, 0.2) is 0 Å². The smallest absolute Gasteiger partial charge is 0.278 e. The summed E-state index contributed by atoms with van der Waals surface area (Å²) in [5, 5.41) is 11.2. The highest BCUT2D eigenvalue weighted by molar-refractivity contribution is 5.90. The monoisotopic (exact) mass is 264 g/mol. The lowest BCUT2D eigenvalue weighted by atomic mass is 10.1. The molecule has 19 heavy (non-hydrogen) atoms. The molecular weight excluding hydrogens is 251 g/mol. The van der Waals surface area contributed by atoms with Crippen LogP contribution in [0.5, 0.6) is 0 Å². The molecule has 0 radical (unpaired) electrons. The Hall–Kier alpha value is -2.28. The number of halogens is 1. The Balaban J connectivity index is 2.79. The van der Waals surface area contributed by atoms with E-state index in [9.17, 15) is 14.5 Å². The Morgan fingerprint density at radius 3 is 2.84 bits per heavy atom. The van der Waals surface area contributed by atoms with Gasteiger partial charge in [-0.15, -0.1) is 0 Å². The Morgan fingerprint density at radius 2 is 2.26 bits per heavy atom. The summed E-state index contributed by atoms with van der Waals surface area (Å²) in [5.41, 5.74) is 2.91. The number of nitrogens with two attached hydrogens (primary N) is 1. The third-order valence-electron chi connectivity index (χ3n) is 2.84. The first-order chi connectivity index (χ1) is 9.08. The second kappa shape index (κ2) is 5.15. The molecule has 0 fully saturated rings. The van der Waals surface area contributed by atoms with Crippen molar-refractivity contribution in [1.82, 2.24) is 4.98 Å². The molecule has 2 aromatic rings. The summed E-state index contributed by atoms with van der Waals surface area (Å²) in [6, 6.07) is 3.75. The third-order valence-corrected chi connectivity index (χ3v) is 2.84. The Morgan fingerprint density at radius 1 is 1.53 bits per heavy atom. The second-order valence-electron chi connectivity index (χ2n) is 4.11. The summed E-state index contributed by atoms with van der Waals surface area (Å²) in [6.45, 7) is 1.96. The minimum absolute atomic E-state index is 0.0537. The van der Waals surface area contributed by atoms with Crippen molar-refractivity contribution in [2.45, 2.75) is 19.8 Å². The van der Waals surface area contributed by atoms with E-state index < -0.39 is 10.7 Å². The number of nitro benzene ring substituents is 1. The van der Waals surface area contributed by atoms with E-state index in [0.717, 1.165) is 24.1 Å². The normalized spacial score (nSPS) is 10.7.